The molecule has 0 aromatic heterocycles. The number of nitrogens with zero attached hydrogens (tertiary/aromatic N) is 2. The summed E-state index contributed by atoms with van der Waals surface area (Å²) >= 11 is 0. The zero-order valence-electron chi connectivity index (χ0n) is 14.2. The molecule has 134 valence electrons. The van der Waals surface area contributed by atoms with Crippen molar-refractivity contribution < 1.29 is 24.2 Å². The average molecular weight is 346 g/mol. The highest BCUT2D eigenvalue weighted by molar-refractivity contribution is 6.00. The first-order valence-corrected chi connectivity index (χ1v) is 8.46. The number of methoxy groups -OCH3 is 1. The summed E-state index contributed by atoms with van der Waals surface area (Å²) in [4.78, 5) is 39.4. The summed E-state index contributed by atoms with van der Waals surface area (Å²) in [7, 11) is 1.58. The number of carbonyl (C=O) groups is 3. The average Bonchev–Trinajstić information content (AvgIpc) is 3.20. The van der Waals surface area contributed by atoms with E-state index in [-0.39, 0.29) is 30.7 Å². The van der Waals surface area contributed by atoms with Crippen molar-refractivity contribution in [3.63, 3.8) is 0 Å². The van der Waals surface area contributed by atoms with Gasteiger partial charge in [-0.15, -0.1) is 0 Å². The first-order valence-electron chi connectivity index (χ1n) is 8.46. The van der Waals surface area contributed by atoms with Crippen LogP contribution >= 0.6 is 0 Å². The van der Waals surface area contributed by atoms with Crippen molar-refractivity contribution in [1.82, 2.24) is 4.90 Å². The third-order valence-corrected chi connectivity index (χ3v) is 4.93. The van der Waals surface area contributed by atoms with Crippen molar-refractivity contribution in [2.45, 2.75) is 31.7 Å². The summed E-state index contributed by atoms with van der Waals surface area (Å²) in [6.07, 6.45) is 1.66. The van der Waals surface area contributed by atoms with Gasteiger partial charge in [0.2, 0.25) is 11.8 Å². The van der Waals surface area contributed by atoms with Gasteiger partial charge in [0.1, 0.15) is 5.75 Å². The monoisotopic (exact) mass is 346 g/mol. The molecule has 25 heavy (non-hydrogen) atoms. The number of hydrogen-bond acceptors (Lipinski definition) is 4. The van der Waals surface area contributed by atoms with Crippen LogP contribution in [0.1, 0.15) is 25.7 Å². The zero-order chi connectivity index (χ0) is 18.0. The van der Waals surface area contributed by atoms with Gasteiger partial charge in [0, 0.05) is 31.2 Å². The fourth-order valence-corrected chi connectivity index (χ4v) is 3.66. The van der Waals surface area contributed by atoms with Crippen molar-refractivity contribution in [1.29, 1.82) is 0 Å². The van der Waals surface area contributed by atoms with Crippen LogP contribution < -0.4 is 9.64 Å². The van der Waals surface area contributed by atoms with Crippen LogP contribution in [0.5, 0.6) is 5.75 Å². The molecule has 7 nitrogen and oxygen atoms in total. The molecule has 0 radical (unpaired) electrons. The van der Waals surface area contributed by atoms with Crippen molar-refractivity contribution in [3.8, 4) is 5.75 Å². The van der Waals surface area contributed by atoms with Crippen LogP contribution in [0.15, 0.2) is 24.3 Å². The lowest BCUT2D eigenvalue weighted by molar-refractivity contribution is -0.141. The molecule has 3 rings (SSSR count). The van der Waals surface area contributed by atoms with Crippen LogP contribution in [-0.4, -0.2) is 54.0 Å². The van der Waals surface area contributed by atoms with Crippen LogP contribution in [-0.2, 0) is 14.4 Å². The Morgan fingerprint density at radius 1 is 1.28 bits per heavy atom. The first kappa shape index (κ1) is 17.3. The number of carboxylic acid groups (broad SMARTS) is 1. The van der Waals surface area contributed by atoms with E-state index < -0.39 is 11.9 Å². The van der Waals surface area contributed by atoms with Crippen LogP contribution in [0.3, 0.4) is 0 Å². The van der Waals surface area contributed by atoms with Crippen LogP contribution in [0.25, 0.3) is 0 Å². The van der Waals surface area contributed by atoms with E-state index >= 15 is 0 Å². The van der Waals surface area contributed by atoms with Gasteiger partial charge in [-0.1, -0.05) is 0 Å². The lowest BCUT2D eigenvalue weighted by atomic mass is 10.1. The maximum atomic E-state index is 12.8. The van der Waals surface area contributed by atoms with E-state index in [2.05, 4.69) is 0 Å². The summed E-state index contributed by atoms with van der Waals surface area (Å²) < 4.78 is 5.12. The standard InChI is InChI=1S/C18H22N2O5/c1-25-15-6-4-13(5-7-15)20-11-12(9-16(20)21)18(24)19-8-2-3-14(19)10-17(22)23/h4-7,12,14H,2-3,8-11H2,1H3,(H,22,23). The predicted octanol–water partition coefficient (Wildman–Crippen LogP) is 1.51. The van der Waals surface area contributed by atoms with E-state index in [1.54, 1.807) is 41.2 Å². The van der Waals surface area contributed by atoms with E-state index in [1.165, 1.54) is 0 Å². The van der Waals surface area contributed by atoms with Gasteiger partial charge in [-0.25, -0.2) is 0 Å². The molecule has 2 amide bonds. The molecule has 2 heterocycles. The Morgan fingerprint density at radius 3 is 2.64 bits per heavy atom. The number of carbonyl (C=O) groups excluding carboxylic acids is 2. The first-order chi connectivity index (χ1) is 12.0. The van der Waals surface area contributed by atoms with E-state index in [0.29, 0.717) is 25.3 Å². The molecule has 0 aliphatic carbocycles. The maximum Gasteiger partial charge on any atom is 0.305 e. The minimum Gasteiger partial charge on any atom is -0.497 e. The molecule has 7 heteroatoms. The van der Waals surface area contributed by atoms with E-state index in [9.17, 15) is 14.4 Å². The Hall–Kier alpha value is -2.57. The number of likely N-dealkylation sites (tertiary alicyclic amines) is 1. The summed E-state index contributed by atoms with van der Waals surface area (Å²) in [5.41, 5.74) is 0.740. The largest absolute Gasteiger partial charge is 0.497 e. The Bertz CT molecular complexity index is 673. The van der Waals surface area contributed by atoms with Gasteiger partial charge in [-0.05, 0) is 37.1 Å². The molecule has 0 saturated carbocycles. The zero-order valence-corrected chi connectivity index (χ0v) is 14.2. The molecule has 2 aliphatic heterocycles. The summed E-state index contributed by atoms with van der Waals surface area (Å²) in [5.74, 6) is -0.793. The predicted molar refractivity (Wildman–Crippen MR) is 90.4 cm³/mol. The van der Waals surface area contributed by atoms with Gasteiger partial charge in [0.05, 0.1) is 19.4 Å². The summed E-state index contributed by atoms with van der Waals surface area (Å²) in [6, 6.07) is 6.90. The number of hydrogen-bond donors (Lipinski definition) is 1. The second-order valence-electron chi connectivity index (χ2n) is 6.53. The molecular weight excluding hydrogens is 324 g/mol. The summed E-state index contributed by atoms with van der Waals surface area (Å²) in [5, 5.41) is 9.00. The molecule has 0 spiro atoms. The highest BCUT2D eigenvalue weighted by Crippen LogP contribution is 2.30. The number of amides is 2. The molecule has 1 N–H and O–H groups in total. The SMILES string of the molecule is COc1ccc(N2CC(C(=O)N3CCCC3CC(=O)O)CC2=O)cc1. The van der Waals surface area contributed by atoms with Crippen LogP contribution in [0, 0.1) is 5.92 Å². The molecule has 2 fully saturated rings. The number of anilines is 1. The molecule has 1 aromatic rings. The Labute approximate surface area is 146 Å². The third kappa shape index (κ3) is 3.60. The van der Waals surface area contributed by atoms with Gasteiger partial charge < -0.3 is 19.6 Å². The number of rotatable bonds is 5. The second kappa shape index (κ2) is 7.13. The molecule has 2 atom stereocenters. The minimum atomic E-state index is -0.896. The van der Waals surface area contributed by atoms with E-state index in [0.717, 1.165) is 12.1 Å². The molecule has 2 saturated heterocycles. The number of benzene rings is 1. The highest BCUT2D eigenvalue weighted by Gasteiger charge is 2.40. The highest BCUT2D eigenvalue weighted by atomic mass is 16.5. The van der Waals surface area contributed by atoms with E-state index in [1.807, 2.05) is 0 Å². The van der Waals surface area contributed by atoms with E-state index in [4.69, 9.17) is 9.84 Å². The maximum absolute atomic E-state index is 12.8. The molecular formula is C18H22N2O5. The Kier molecular flexibility index (Phi) is 4.92. The molecule has 0 bridgehead atoms. The third-order valence-electron chi connectivity index (χ3n) is 4.93. The van der Waals surface area contributed by atoms with Crippen LogP contribution in [0.2, 0.25) is 0 Å². The lowest BCUT2D eigenvalue weighted by Gasteiger charge is -2.26. The van der Waals surface area contributed by atoms with Gasteiger partial charge in [-0.3, -0.25) is 14.4 Å². The number of aliphatic carboxylic acids is 1. The fraction of sp³-hybridized carbons (Fsp3) is 0.500. The molecule has 1 aromatic carbocycles. The summed E-state index contributed by atoms with van der Waals surface area (Å²) in [6.45, 7) is 0.907. The van der Waals surface area contributed by atoms with Gasteiger partial charge in [0.15, 0.2) is 0 Å². The minimum absolute atomic E-state index is 0.0331. The quantitative estimate of drug-likeness (QED) is 0.873. The topological polar surface area (TPSA) is 87.2 Å². The lowest BCUT2D eigenvalue weighted by Crippen LogP contribution is -2.41. The smallest absolute Gasteiger partial charge is 0.305 e. The van der Waals surface area contributed by atoms with Crippen molar-refractivity contribution in [2.24, 2.45) is 5.92 Å². The fourth-order valence-electron chi connectivity index (χ4n) is 3.66. The van der Waals surface area contributed by atoms with Crippen LogP contribution in [0.4, 0.5) is 5.69 Å². The Balaban J connectivity index is 1.68. The number of ether oxygens (including phenoxy) is 1. The normalized spacial score (nSPS) is 23.2. The van der Waals surface area contributed by atoms with Crippen molar-refractivity contribution in [3.05, 3.63) is 24.3 Å². The van der Waals surface area contributed by atoms with Gasteiger partial charge in [0.25, 0.3) is 0 Å². The number of carboxylic acids is 1. The Morgan fingerprint density at radius 2 is 2.00 bits per heavy atom. The molecule has 2 unspecified atom stereocenters. The molecule has 2 aliphatic rings. The second-order valence-corrected chi connectivity index (χ2v) is 6.53. The van der Waals surface area contributed by atoms with Gasteiger partial charge in [-0.2, -0.15) is 0 Å². The van der Waals surface area contributed by atoms with Crippen molar-refractivity contribution in [2.75, 3.05) is 25.1 Å². The van der Waals surface area contributed by atoms with Crippen molar-refractivity contribution >= 4 is 23.5 Å². The van der Waals surface area contributed by atoms with Gasteiger partial charge >= 0.3 is 5.97 Å².